The number of methoxy groups -OCH3 is 1. The highest BCUT2D eigenvalue weighted by atomic mass is 35.5. The summed E-state index contributed by atoms with van der Waals surface area (Å²) in [6.45, 7) is 8.32. The minimum atomic E-state index is 0.321. The Kier molecular flexibility index (Phi) is 6.34. The molecule has 1 fully saturated rings. The predicted octanol–water partition coefficient (Wildman–Crippen LogP) is 3.70. The highest BCUT2D eigenvalue weighted by Gasteiger charge is 2.21. The van der Waals surface area contributed by atoms with Gasteiger partial charge in [0.05, 0.1) is 16.8 Å². The van der Waals surface area contributed by atoms with Crippen molar-refractivity contribution in [2.75, 3.05) is 31.6 Å². The van der Waals surface area contributed by atoms with E-state index in [1.165, 1.54) is 5.56 Å². The van der Waals surface area contributed by atoms with E-state index in [0.717, 1.165) is 49.7 Å². The first-order valence-electron chi connectivity index (χ1n) is 7.87. The van der Waals surface area contributed by atoms with Gasteiger partial charge in [-0.15, -0.1) is 0 Å². The van der Waals surface area contributed by atoms with Gasteiger partial charge in [-0.3, -0.25) is 0 Å². The Labute approximate surface area is 133 Å². The number of anilines is 1. The van der Waals surface area contributed by atoms with Crippen molar-refractivity contribution in [1.82, 2.24) is 5.32 Å². The summed E-state index contributed by atoms with van der Waals surface area (Å²) in [4.78, 5) is 2.34. The van der Waals surface area contributed by atoms with E-state index in [0.29, 0.717) is 12.0 Å². The second kappa shape index (κ2) is 8.02. The number of nitrogens with one attached hydrogen (secondary N) is 1. The van der Waals surface area contributed by atoms with Crippen molar-refractivity contribution >= 4 is 17.3 Å². The Morgan fingerprint density at radius 3 is 2.90 bits per heavy atom. The third kappa shape index (κ3) is 4.87. The van der Waals surface area contributed by atoms with Crippen molar-refractivity contribution in [3.8, 4) is 0 Å². The van der Waals surface area contributed by atoms with Crippen LogP contribution in [-0.4, -0.2) is 32.8 Å². The van der Waals surface area contributed by atoms with Crippen LogP contribution in [0.25, 0.3) is 0 Å². The fourth-order valence-corrected chi connectivity index (χ4v) is 3.09. The summed E-state index contributed by atoms with van der Waals surface area (Å²) < 4.78 is 5.49. The van der Waals surface area contributed by atoms with Gasteiger partial charge in [-0.2, -0.15) is 0 Å². The number of halogens is 1. The Bertz CT molecular complexity index is 450. The van der Waals surface area contributed by atoms with Gasteiger partial charge in [0, 0.05) is 26.7 Å². The maximum atomic E-state index is 6.48. The monoisotopic (exact) mass is 310 g/mol. The number of ether oxygens (including phenoxy) is 1. The second-order valence-electron chi connectivity index (χ2n) is 6.26. The first kappa shape index (κ1) is 16.6. The fraction of sp³-hybridized carbons (Fsp3) is 0.647. The number of hydrogen-bond acceptors (Lipinski definition) is 3. The molecule has 118 valence electrons. The number of nitrogens with zero attached hydrogens (tertiary/aromatic N) is 1. The highest BCUT2D eigenvalue weighted by Crippen LogP contribution is 2.29. The largest absolute Gasteiger partial charge is 0.380 e. The molecule has 1 unspecified atom stereocenters. The predicted molar refractivity (Wildman–Crippen MR) is 90.2 cm³/mol. The molecule has 1 saturated heterocycles. The van der Waals surface area contributed by atoms with Crippen LogP contribution in [0.4, 0.5) is 5.69 Å². The number of benzene rings is 1. The molecule has 1 aromatic rings. The van der Waals surface area contributed by atoms with Crippen molar-refractivity contribution in [2.24, 2.45) is 5.92 Å². The zero-order valence-electron chi connectivity index (χ0n) is 13.4. The molecule has 0 amide bonds. The number of hydrogen-bond donors (Lipinski definition) is 1. The van der Waals surface area contributed by atoms with E-state index >= 15 is 0 Å². The smallest absolute Gasteiger partial charge is 0.0746 e. The topological polar surface area (TPSA) is 24.5 Å². The summed E-state index contributed by atoms with van der Waals surface area (Å²) in [5, 5.41) is 4.29. The Hall–Kier alpha value is -0.770. The average Bonchev–Trinajstić information content (AvgIpc) is 2.47. The van der Waals surface area contributed by atoms with E-state index in [9.17, 15) is 0 Å². The molecule has 3 nitrogen and oxygen atoms in total. The molecule has 0 radical (unpaired) electrons. The van der Waals surface area contributed by atoms with E-state index in [-0.39, 0.29) is 0 Å². The first-order chi connectivity index (χ1) is 10.1. The van der Waals surface area contributed by atoms with Crippen molar-refractivity contribution in [3.63, 3.8) is 0 Å². The third-order valence-electron chi connectivity index (χ3n) is 3.95. The molecule has 0 aromatic heterocycles. The van der Waals surface area contributed by atoms with Crippen LogP contribution in [0.1, 0.15) is 32.3 Å². The van der Waals surface area contributed by atoms with Crippen molar-refractivity contribution in [3.05, 3.63) is 28.8 Å². The van der Waals surface area contributed by atoms with E-state index in [4.69, 9.17) is 16.3 Å². The van der Waals surface area contributed by atoms with Gasteiger partial charge in [0.15, 0.2) is 0 Å². The lowest BCUT2D eigenvalue weighted by Crippen LogP contribution is -2.39. The molecule has 1 N–H and O–H groups in total. The quantitative estimate of drug-likeness (QED) is 0.867. The van der Waals surface area contributed by atoms with Gasteiger partial charge in [-0.25, -0.2) is 0 Å². The molecule has 1 atom stereocenters. The van der Waals surface area contributed by atoms with E-state index in [1.54, 1.807) is 7.11 Å². The molecule has 0 bridgehead atoms. The van der Waals surface area contributed by atoms with Gasteiger partial charge in [-0.1, -0.05) is 31.5 Å². The molecule has 0 spiro atoms. The summed E-state index contributed by atoms with van der Waals surface area (Å²) in [5.74, 6) is 0.666. The zero-order valence-corrected chi connectivity index (χ0v) is 14.1. The van der Waals surface area contributed by atoms with Crippen LogP contribution in [0.5, 0.6) is 0 Å². The Morgan fingerprint density at radius 1 is 1.43 bits per heavy atom. The van der Waals surface area contributed by atoms with E-state index in [2.05, 4.69) is 42.3 Å². The lowest BCUT2D eigenvalue weighted by atomic mass is 10.1. The Morgan fingerprint density at radius 2 is 2.24 bits per heavy atom. The van der Waals surface area contributed by atoms with Crippen LogP contribution in [0, 0.1) is 5.92 Å². The number of rotatable bonds is 6. The minimum Gasteiger partial charge on any atom is -0.380 e. The van der Waals surface area contributed by atoms with Gasteiger partial charge in [-0.05, 0) is 43.0 Å². The van der Waals surface area contributed by atoms with Crippen molar-refractivity contribution in [1.29, 1.82) is 0 Å². The molecule has 0 aliphatic carbocycles. The average molecular weight is 311 g/mol. The van der Waals surface area contributed by atoms with Gasteiger partial charge >= 0.3 is 0 Å². The third-order valence-corrected chi connectivity index (χ3v) is 4.25. The van der Waals surface area contributed by atoms with Crippen LogP contribution < -0.4 is 10.2 Å². The van der Waals surface area contributed by atoms with Crippen LogP contribution in [0.2, 0.25) is 5.02 Å². The molecule has 0 saturated carbocycles. The maximum Gasteiger partial charge on any atom is 0.0746 e. The molecular weight excluding hydrogens is 284 g/mol. The summed E-state index contributed by atoms with van der Waals surface area (Å²) in [5.41, 5.74) is 2.37. The van der Waals surface area contributed by atoms with Crippen molar-refractivity contribution < 1.29 is 4.74 Å². The van der Waals surface area contributed by atoms with Gasteiger partial charge in [0.2, 0.25) is 0 Å². The van der Waals surface area contributed by atoms with Gasteiger partial charge < -0.3 is 15.0 Å². The van der Waals surface area contributed by atoms with E-state index < -0.39 is 0 Å². The molecule has 21 heavy (non-hydrogen) atoms. The Balaban J connectivity index is 1.98. The molecule has 1 heterocycles. The maximum absolute atomic E-state index is 6.48. The summed E-state index contributed by atoms with van der Waals surface area (Å²) in [6, 6.07) is 6.40. The standard InChI is InChI=1S/C17H27ClN2O/c1-13(2)10-19-11-14-6-7-17(16(18)9-14)20-8-4-5-15(12-20)21-3/h6-7,9,13,15,19H,4-5,8,10-12H2,1-3H3. The van der Waals surface area contributed by atoms with Crippen LogP contribution in [-0.2, 0) is 11.3 Å². The van der Waals surface area contributed by atoms with Gasteiger partial charge in [0.1, 0.15) is 0 Å². The SMILES string of the molecule is COC1CCCN(c2ccc(CNCC(C)C)cc2Cl)C1. The minimum absolute atomic E-state index is 0.321. The van der Waals surface area contributed by atoms with Crippen LogP contribution in [0.15, 0.2) is 18.2 Å². The molecule has 4 heteroatoms. The molecule has 1 aliphatic heterocycles. The second-order valence-corrected chi connectivity index (χ2v) is 6.66. The lowest BCUT2D eigenvalue weighted by Gasteiger charge is -2.34. The molecule has 2 rings (SSSR count). The zero-order chi connectivity index (χ0) is 15.2. The van der Waals surface area contributed by atoms with Crippen LogP contribution in [0.3, 0.4) is 0 Å². The summed E-state index contributed by atoms with van der Waals surface area (Å²) >= 11 is 6.48. The molecule has 1 aromatic carbocycles. The summed E-state index contributed by atoms with van der Waals surface area (Å²) in [7, 11) is 1.79. The van der Waals surface area contributed by atoms with Crippen molar-refractivity contribution in [2.45, 2.75) is 39.3 Å². The first-order valence-corrected chi connectivity index (χ1v) is 8.25. The van der Waals surface area contributed by atoms with Gasteiger partial charge in [0.25, 0.3) is 0 Å². The molecular formula is C17H27ClN2O. The molecule has 1 aliphatic rings. The highest BCUT2D eigenvalue weighted by molar-refractivity contribution is 6.33. The summed E-state index contributed by atoms with van der Waals surface area (Å²) in [6.07, 6.45) is 2.62. The lowest BCUT2D eigenvalue weighted by molar-refractivity contribution is 0.0893. The number of piperidine rings is 1. The normalized spacial score (nSPS) is 19.3. The van der Waals surface area contributed by atoms with Crippen LogP contribution >= 0.6 is 11.6 Å². The van der Waals surface area contributed by atoms with E-state index in [1.807, 2.05) is 0 Å². The fourth-order valence-electron chi connectivity index (χ4n) is 2.77.